The highest BCUT2D eigenvalue weighted by Crippen LogP contribution is 2.32. The minimum Gasteiger partial charge on any atom is -0.306 e. The predicted molar refractivity (Wildman–Crippen MR) is 84.1 cm³/mol. The van der Waals surface area contributed by atoms with Crippen LogP contribution in [0.4, 0.5) is 0 Å². The van der Waals surface area contributed by atoms with Crippen molar-refractivity contribution in [1.82, 2.24) is 9.21 Å². The Morgan fingerprint density at radius 1 is 1.40 bits per heavy atom. The van der Waals surface area contributed by atoms with Crippen molar-refractivity contribution in [2.75, 3.05) is 27.2 Å². The van der Waals surface area contributed by atoms with Crippen LogP contribution in [-0.2, 0) is 15.9 Å². The van der Waals surface area contributed by atoms with Gasteiger partial charge in [-0.2, -0.15) is 4.31 Å². The second-order valence-electron chi connectivity index (χ2n) is 5.40. The Kier molecular flexibility index (Phi) is 5.13. The van der Waals surface area contributed by atoms with E-state index in [1.807, 2.05) is 26.4 Å². The first-order valence-electron chi connectivity index (χ1n) is 6.67. The first-order valence-corrected chi connectivity index (χ1v) is 9.53. The molecule has 0 radical (unpaired) electrons. The molecule has 1 aromatic heterocycles. The van der Waals surface area contributed by atoms with E-state index in [1.54, 1.807) is 4.31 Å². The van der Waals surface area contributed by atoms with Gasteiger partial charge in [0.15, 0.2) is 0 Å². The average molecular weight is 337 g/mol. The molecule has 0 atom stereocenters. The lowest BCUT2D eigenvalue weighted by Crippen LogP contribution is -2.44. The van der Waals surface area contributed by atoms with E-state index in [-0.39, 0.29) is 5.88 Å². The normalized spacial score (nSPS) is 18.9. The molecule has 20 heavy (non-hydrogen) atoms. The summed E-state index contributed by atoms with van der Waals surface area (Å²) in [5, 5.41) is 1.87. The fourth-order valence-electron chi connectivity index (χ4n) is 2.65. The molecule has 0 aromatic carbocycles. The summed E-state index contributed by atoms with van der Waals surface area (Å²) in [5.74, 6) is 0.251. The summed E-state index contributed by atoms with van der Waals surface area (Å²) in [7, 11) is 0.690. The summed E-state index contributed by atoms with van der Waals surface area (Å²) >= 11 is 7.30. The number of nitrogens with zero attached hydrogens (tertiary/aromatic N) is 2. The summed E-state index contributed by atoms with van der Waals surface area (Å²) in [6, 6.07) is 0.470. The molecule has 114 valence electrons. The highest BCUT2D eigenvalue weighted by molar-refractivity contribution is 7.89. The van der Waals surface area contributed by atoms with Crippen LogP contribution in [-0.4, -0.2) is 50.8 Å². The Labute approximate surface area is 130 Å². The van der Waals surface area contributed by atoms with Crippen LogP contribution in [0.1, 0.15) is 23.3 Å². The number of halogens is 1. The second kappa shape index (κ2) is 6.32. The van der Waals surface area contributed by atoms with E-state index >= 15 is 0 Å². The number of sulfonamides is 1. The van der Waals surface area contributed by atoms with Crippen LogP contribution in [0.15, 0.2) is 10.3 Å². The molecule has 1 fully saturated rings. The lowest BCUT2D eigenvalue weighted by atomic mass is 10.1. The van der Waals surface area contributed by atoms with Crippen molar-refractivity contribution in [1.29, 1.82) is 0 Å². The molecule has 1 aromatic rings. The monoisotopic (exact) mass is 336 g/mol. The van der Waals surface area contributed by atoms with E-state index in [4.69, 9.17) is 11.6 Å². The molecule has 0 saturated carbocycles. The zero-order valence-corrected chi connectivity index (χ0v) is 14.5. The van der Waals surface area contributed by atoms with Gasteiger partial charge in [-0.3, -0.25) is 0 Å². The average Bonchev–Trinajstić information content (AvgIpc) is 2.80. The minimum atomic E-state index is -3.40. The third kappa shape index (κ3) is 3.04. The molecule has 1 aliphatic rings. The van der Waals surface area contributed by atoms with Gasteiger partial charge >= 0.3 is 0 Å². The van der Waals surface area contributed by atoms with Gasteiger partial charge in [-0.15, -0.1) is 22.9 Å². The van der Waals surface area contributed by atoms with E-state index in [2.05, 4.69) is 4.90 Å². The van der Waals surface area contributed by atoms with E-state index in [0.717, 1.165) is 23.3 Å². The van der Waals surface area contributed by atoms with E-state index in [9.17, 15) is 8.42 Å². The molecule has 1 aliphatic heterocycles. The lowest BCUT2D eigenvalue weighted by molar-refractivity contribution is 0.196. The molecule has 0 unspecified atom stereocenters. The standard InChI is InChI=1S/C13H21ClN2O2S2/c1-10-9-19-12(8-14)13(10)20(17,18)16-6-4-11(5-7-16)15(2)3/h9,11H,4-8H2,1-3H3. The van der Waals surface area contributed by atoms with Gasteiger partial charge in [0, 0.05) is 24.0 Å². The second-order valence-corrected chi connectivity index (χ2v) is 8.51. The van der Waals surface area contributed by atoms with Gasteiger partial charge in [-0.25, -0.2) is 8.42 Å². The number of aryl methyl sites for hydroxylation is 1. The summed E-state index contributed by atoms with van der Waals surface area (Å²) in [6.07, 6.45) is 1.76. The van der Waals surface area contributed by atoms with Crippen LogP contribution in [0.3, 0.4) is 0 Å². The topological polar surface area (TPSA) is 40.6 Å². The Bertz CT molecular complexity index is 561. The Balaban J connectivity index is 2.22. The number of alkyl halides is 1. The molecule has 2 rings (SSSR count). The van der Waals surface area contributed by atoms with Crippen LogP contribution in [0.25, 0.3) is 0 Å². The third-order valence-electron chi connectivity index (χ3n) is 3.86. The highest BCUT2D eigenvalue weighted by Gasteiger charge is 2.33. The predicted octanol–water partition coefficient (Wildman–Crippen LogP) is 2.51. The number of rotatable bonds is 4. The third-order valence-corrected chi connectivity index (χ3v) is 7.65. The lowest BCUT2D eigenvalue weighted by Gasteiger charge is -2.34. The first-order chi connectivity index (χ1) is 9.37. The van der Waals surface area contributed by atoms with E-state index < -0.39 is 10.0 Å². The van der Waals surface area contributed by atoms with Gasteiger partial charge in [-0.1, -0.05) is 0 Å². The zero-order chi connectivity index (χ0) is 14.9. The fourth-order valence-corrected chi connectivity index (χ4v) is 6.13. The highest BCUT2D eigenvalue weighted by atomic mass is 35.5. The van der Waals surface area contributed by atoms with Crippen LogP contribution >= 0.6 is 22.9 Å². The number of hydrogen-bond acceptors (Lipinski definition) is 4. The van der Waals surface area contributed by atoms with Crippen molar-refractivity contribution in [2.45, 2.75) is 36.6 Å². The molecule has 7 heteroatoms. The van der Waals surface area contributed by atoms with Gasteiger partial charge in [0.2, 0.25) is 10.0 Å². The van der Waals surface area contributed by atoms with Crippen molar-refractivity contribution in [3.8, 4) is 0 Å². The molecule has 0 aliphatic carbocycles. The van der Waals surface area contributed by atoms with Gasteiger partial charge < -0.3 is 4.90 Å². The van der Waals surface area contributed by atoms with Crippen LogP contribution in [0.2, 0.25) is 0 Å². The smallest absolute Gasteiger partial charge is 0.244 e. The summed E-state index contributed by atoms with van der Waals surface area (Å²) in [6.45, 7) is 3.01. The zero-order valence-electron chi connectivity index (χ0n) is 12.1. The Morgan fingerprint density at radius 3 is 2.50 bits per heavy atom. The van der Waals surface area contributed by atoms with Crippen molar-refractivity contribution in [3.05, 3.63) is 15.8 Å². The number of hydrogen-bond donors (Lipinski definition) is 0. The summed E-state index contributed by atoms with van der Waals surface area (Å²) < 4.78 is 27.2. The fraction of sp³-hybridized carbons (Fsp3) is 0.692. The number of piperidine rings is 1. The first kappa shape index (κ1) is 16.2. The van der Waals surface area contributed by atoms with Crippen molar-refractivity contribution in [2.24, 2.45) is 0 Å². The van der Waals surface area contributed by atoms with Gasteiger partial charge in [0.1, 0.15) is 4.90 Å². The summed E-state index contributed by atoms with van der Waals surface area (Å²) in [4.78, 5) is 3.35. The van der Waals surface area contributed by atoms with Crippen molar-refractivity contribution >= 4 is 33.0 Å². The van der Waals surface area contributed by atoms with Crippen molar-refractivity contribution < 1.29 is 8.42 Å². The van der Waals surface area contributed by atoms with Crippen LogP contribution < -0.4 is 0 Å². The minimum absolute atomic E-state index is 0.251. The molecule has 0 bridgehead atoms. The molecule has 0 amide bonds. The van der Waals surface area contributed by atoms with Gasteiger partial charge in [-0.05, 0) is 44.8 Å². The quantitative estimate of drug-likeness (QED) is 0.793. The molecular weight excluding hydrogens is 316 g/mol. The maximum absolute atomic E-state index is 12.8. The SMILES string of the molecule is Cc1csc(CCl)c1S(=O)(=O)N1CCC(N(C)C)CC1. The van der Waals surface area contributed by atoms with E-state index in [0.29, 0.717) is 24.0 Å². The van der Waals surface area contributed by atoms with E-state index in [1.165, 1.54) is 11.3 Å². The summed E-state index contributed by atoms with van der Waals surface area (Å²) in [5.41, 5.74) is 0.806. The molecular formula is C13H21ClN2O2S2. The van der Waals surface area contributed by atoms with Crippen molar-refractivity contribution in [3.63, 3.8) is 0 Å². The maximum atomic E-state index is 12.8. The van der Waals surface area contributed by atoms with Gasteiger partial charge in [0.25, 0.3) is 0 Å². The van der Waals surface area contributed by atoms with Crippen LogP contribution in [0, 0.1) is 6.92 Å². The molecule has 0 spiro atoms. The molecule has 0 N–H and O–H groups in total. The maximum Gasteiger partial charge on any atom is 0.244 e. The largest absolute Gasteiger partial charge is 0.306 e. The molecule has 2 heterocycles. The molecule has 1 saturated heterocycles. The molecule has 4 nitrogen and oxygen atoms in total. The Hall–Kier alpha value is -0.140. The van der Waals surface area contributed by atoms with Crippen LogP contribution in [0.5, 0.6) is 0 Å². The van der Waals surface area contributed by atoms with Gasteiger partial charge in [0.05, 0.1) is 5.88 Å². The number of thiophene rings is 1. The Morgan fingerprint density at radius 2 is 2.00 bits per heavy atom.